The van der Waals surface area contributed by atoms with Crippen molar-refractivity contribution in [3.63, 3.8) is 0 Å². The summed E-state index contributed by atoms with van der Waals surface area (Å²) in [5.74, 6) is 0.495. The normalized spacial score (nSPS) is 11.8. The van der Waals surface area contributed by atoms with Gasteiger partial charge in [-0.3, -0.25) is 9.59 Å². The highest BCUT2D eigenvalue weighted by Gasteiger charge is 2.15. The van der Waals surface area contributed by atoms with Gasteiger partial charge in [-0.15, -0.1) is 0 Å². The number of nitrogens with zero attached hydrogens (tertiary/aromatic N) is 1. The van der Waals surface area contributed by atoms with Gasteiger partial charge in [-0.25, -0.2) is 0 Å². The number of rotatable bonds is 4. The molecule has 1 unspecified atom stereocenters. The van der Waals surface area contributed by atoms with Crippen molar-refractivity contribution in [2.75, 3.05) is 7.11 Å². The maximum absolute atomic E-state index is 12.2. The van der Waals surface area contributed by atoms with Crippen LogP contribution < -0.4 is 15.6 Å². The summed E-state index contributed by atoms with van der Waals surface area (Å²) in [6.45, 7) is 1.89. The van der Waals surface area contributed by atoms with Crippen LogP contribution in [-0.4, -0.2) is 17.6 Å². The third-order valence-electron chi connectivity index (χ3n) is 3.30. The fourth-order valence-electron chi connectivity index (χ4n) is 2.11. The van der Waals surface area contributed by atoms with Crippen LogP contribution in [0.1, 0.15) is 28.9 Å². The van der Waals surface area contributed by atoms with Gasteiger partial charge < -0.3 is 14.6 Å². The standard InChI is InChI=1S/C16H18N2O3/c1-11(13-6-4-5-7-14(13)21-3)17-16(20)12-8-9-15(19)18(2)10-12/h4-11H,1-3H3,(H,17,20). The first-order chi connectivity index (χ1) is 10.0. The molecule has 2 rings (SSSR count). The number of aromatic nitrogens is 1. The number of methoxy groups -OCH3 is 1. The largest absolute Gasteiger partial charge is 0.496 e. The molecule has 1 aromatic carbocycles. The Balaban J connectivity index is 2.18. The zero-order valence-corrected chi connectivity index (χ0v) is 12.3. The van der Waals surface area contributed by atoms with Crippen LogP contribution in [0.15, 0.2) is 47.4 Å². The molecule has 2 aromatic rings. The van der Waals surface area contributed by atoms with Crippen LogP contribution in [0.2, 0.25) is 0 Å². The second-order valence-electron chi connectivity index (χ2n) is 4.80. The third-order valence-corrected chi connectivity index (χ3v) is 3.30. The van der Waals surface area contributed by atoms with E-state index in [1.165, 1.54) is 22.9 Å². The molecule has 110 valence electrons. The van der Waals surface area contributed by atoms with E-state index in [0.29, 0.717) is 5.56 Å². The summed E-state index contributed by atoms with van der Waals surface area (Å²) in [6, 6.07) is 10.2. The Morgan fingerprint density at radius 1 is 1.24 bits per heavy atom. The van der Waals surface area contributed by atoms with E-state index < -0.39 is 0 Å². The van der Waals surface area contributed by atoms with Crippen LogP contribution in [0.25, 0.3) is 0 Å². The second-order valence-corrected chi connectivity index (χ2v) is 4.80. The lowest BCUT2D eigenvalue weighted by atomic mass is 10.1. The van der Waals surface area contributed by atoms with Crippen molar-refractivity contribution in [1.29, 1.82) is 0 Å². The summed E-state index contributed by atoms with van der Waals surface area (Å²) >= 11 is 0. The first-order valence-electron chi connectivity index (χ1n) is 6.63. The molecule has 0 spiro atoms. The van der Waals surface area contributed by atoms with E-state index in [1.54, 1.807) is 14.2 Å². The minimum atomic E-state index is -0.232. The molecule has 0 saturated carbocycles. The summed E-state index contributed by atoms with van der Waals surface area (Å²) < 4.78 is 6.67. The SMILES string of the molecule is COc1ccccc1C(C)NC(=O)c1ccc(=O)n(C)c1. The van der Waals surface area contributed by atoms with Crippen molar-refractivity contribution < 1.29 is 9.53 Å². The number of carbonyl (C=O) groups excluding carboxylic acids is 1. The molecule has 0 aliphatic carbocycles. The average molecular weight is 286 g/mol. The number of amides is 1. The maximum atomic E-state index is 12.2. The van der Waals surface area contributed by atoms with Gasteiger partial charge >= 0.3 is 0 Å². The first-order valence-corrected chi connectivity index (χ1v) is 6.63. The molecule has 1 aromatic heterocycles. The molecule has 1 amide bonds. The molecule has 1 N–H and O–H groups in total. The van der Waals surface area contributed by atoms with Gasteiger partial charge in [0, 0.05) is 24.9 Å². The molecule has 1 heterocycles. The number of nitrogens with one attached hydrogen (secondary N) is 1. The van der Waals surface area contributed by atoms with Gasteiger partial charge in [0.05, 0.1) is 18.7 Å². The highest BCUT2D eigenvalue weighted by atomic mass is 16.5. The van der Waals surface area contributed by atoms with E-state index in [-0.39, 0.29) is 17.5 Å². The van der Waals surface area contributed by atoms with Gasteiger partial charge in [-0.1, -0.05) is 18.2 Å². The van der Waals surface area contributed by atoms with Crippen molar-refractivity contribution in [2.45, 2.75) is 13.0 Å². The van der Waals surface area contributed by atoms with Crippen molar-refractivity contribution in [3.8, 4) is 5.75 Å². The monoisotopic (exact) mass is 286 g/mol. The lowest BCUT2D eigenvalue weighted by Gasteiger charge is -2.17. The van der Waals surface area contributed by atoms with Crippen LogP contribution in [0.5, 0.6) is 5.75 Å². The van der Waals surface area contributed by atoms with Crippen LogP contribution in [0, 0.1) is 0 Å². The van der Waals surface area contributed by atoms with Crippen molar-refractivity contribution in [3.05, 3.63) is 64.1 Å². The van der Waals surface area contributed by atoms with Gasteiger partial charge in [0.25, 0.3) is 5.91 Å². The van der Waals surface area contributed by atoms with E-state index in [9.17, 15) is 9.59 Å². The average Bonchev–Trinajstić information content (AvgIpc) is 2.49. The Morgan fingerprint density at radius 3 is 2.62 bits per heavy atom. The molecule has 0 saturated heterocycles. The molecule has 1 atom stereocenters. The van der Waals surface area contributed by atoms with E-state index in [4.69, 9.17) is 4.74 Å². The minimum absolute atomic E-state index is 0.149. The Labute approximate surface area is 123 Å². The Hall–Kier alpha value is -2.56. The zero-order valence-electron chi connectivity index (χ0n) is 12.3. The zero-order chi connectivity index (χ0) is 15.4. The van der Waals surface area contributed by atoms with Crippen molar-refractivity contribution in [2.24, 2.45) is 7.05 Å². The molecular formula is C16H18N2O3. The van der Waals surface area contributed by atoms with Crippen LogP contribution in [0.4, 0.5) is 0 Å². The molecule has 0 bridgehead atoms. The number of aryl methyl sites for hydroxylation is 1. The van der Waals surface area contributed by atoms with Gasteiger partial charge in [0.2, 0.25) is 5.56 Å². The molecule has 5 heteroatoms. The minimum Gasteiger partial charge on any atom is -0.496 e. The number of carbonyl (C=O) groups is 1. The number of hydrogen-bond acceptors (Lipinski definition) is 3. The van der Waals surface area contributed by atoms with Crippen molar-refractivity contribution >= 4 is 5.91 Å². The summed E-state index contributed by atoms with van der Waals surface area (Å²) in [6.07, 6.45) is 1.52. The number of benzene rings is 1. The van der Waals surface area contributed by atoms with Crippen LogP contribution in [-0.2, 0) is 7.05 Å². The van der Waals surface area contributed by atoms with Crippen molar-refractivity contribution in [1.82, 2.24) is 9.88 Å². The lowest BCUT2D eigenvalue weighted by molar-refractivity contribution is 0.0938. The smallest absolute Gasteiger partial charge is 0.253 e. The lowest BCUT2D eigenvalue weighted by Crippen LogP contribution is -2.28. The fraction of sp³-hybridized carbons (Fsp3) is 0.250. The van der Waals surface area contributed by atoms with E-state index in [1.807, 2.05) is 31.2 Å². The summed E-state index contributed by atoms with van der Waals surface area (Å²) in [5, 5.41) is 2.90. The van der Waals surface area contributed by atoms with Gasteiger partial charge in [0.15, 0.2) is 0 Å². The highest BCUT2D eigenvalue weighted by Crippen LogP contribution is 2.24. The molecular weight excluding hydrogens is 268 g/mol. The molecule has 0 radical (unpaired) electrons. The Kier molecular flexibility index (Phi) is 4.42. The predicted molar refractivity (Wildman–Crippen MR) is 80.6 cm³/mol. The van der Waals surface area contributed by atoms with Gasteiger partial charge in [-0.05, 0) is 19.1 Å². The van der Waals surface area contributed by atoms with Crippen LogP contribution >= 0.6 is 0 Å². The molecule has 0 fully saturated rings. The highest BCUT2D eigenvalue weighted by molar-refractivity contribution is 5.94. The van der Waals surface area contributed by atoms with E-state index in [0.717, 1.165) is 11.3 Å². The maximum Gasteiger partial charge on any atom is 0.253 e. The predicted octanol–water partition coefficient (Wildman–Crippen LogP) is 1.88. The topological polar surface area (TPSA) is 60.3 Å². The molecule has 0 aliphatic rings. The number of hydrogen-bond donors (Lipinski definition) is 1. The van der Waals surface area contributed by atoms with E-state index in [2.05, 4.69) is 5.32 Å². The summed E-state index contributed by atoms with van der Waals surface area (Å²) in [5.41, 5.74) is 1.20. The summed E-state index contributed by atoms with van der Waals surface area (Å²) in [4.78, 5) is 23.6. The third kappa shape index (κ3) is 3.31. The number of para-hydroxylation sites is 1. The second kappa shape index (κ2) is 6.26. The Bertz CT molecular complexity index is 707. The molecule has 21 heavy (non-hydrogen) atoms. The quantitative estimate of drug-likeness (QED) is 0.933. The molecule has 5 nitrogen and oxygen atoms in total. The number of pyridine rings is 1. The van der Waals surface area contributed by atoms with E-state index >= 15 is 0 Å². The summed E-state index contributed by atoms with van der Waals surface area (Å²) in [7, 11) is 3.21. The first kappa shape index (κ1) is 14.8. The van der Waals surface area contributed by atoms with Gasteiger partial charge in [-0.2, -0.15) is 0 Å². The Morgan fingerprint density at radius 2 is 1.95 bits per heavy atom. The number of ether oxygens (including phenoxy) is 1. The van der Waals surface area contributed by atoms with Crippen LogP contribution in [0.3, 0.4) is 0 Å². The van der Waals surface area contributed by atoms with Gasteiger partial charge in [0.1, 0.15) is 5.75 Å². The molecule has 0 aliphatic heterocycles. The fourth-order valence-corrected chi connectivity index (χ4v) is 2.11.